The Labute approximate surface area is 129 Å². The molecule has 114 valence electrons. The van der Waals surface area contributed by atoms with Gasteiger partial charge in [-0.1, -0.05) is 0 Å². The van der Waals surface area contributed by atoms with Gasteiger partial charge in [-0.25, -0.2) is 9.97 Å². The van der Waals surface area contributed by atoms with Gasteiger partial charge >= 0.3 is 0 Å². The fourth-order valence-corrected chi connectivity index (χ4v) is 3.74. The molecule has 4 rings (SSSR count). The summed E-state index contributed by atoms with van der Waals surface area (Å²) in [4.78, 5) is 23.2. The molecule has 2 aromatic rings. The molecule has 6 heteroatoms. The Bertz CT molecular complexity index is 694. The van der Waals surface area contributed by atoms with Crippen LogP contribution in [-0.4, -0.2) is 43.1 Å². The van der Waals surface area contributed by atoms with E-state index in [1.165, 1.54) is 12.7 Å². The second-order valence-electron chi connectivity index (χ2n) is 6.24. The van der Waals surface area contributed by atoms with Crippen LogP contribution in [0.25, 0.3) is 11.4 Å². The highest BCUT2D eigenvalue weighted by atomic mass is 16.2. The Morgan fingerprint density at radius 3 is 2.64 bits per heavy atom. The van der Waals surface area contributed by atoms with Gasteiger partial charge in [-0.3, -0.25) is 9.89 Å². The zero-order valence-electron chi connectivity index (χ0n) is 12.6. The first-order valence-corrected chi connectivity index (χ1v) is 7.89. The molecule has 22 heavy (non-hydrogen) atoms. The number of hydrogen-bond acceptors (Lipinski definition) is 4. The number of hydrogen-bond donors (Lipinski definition) is 1. The Hall–Kier alpha value is -2.24. The average Bonchev–Trinajstić information content (AvgIpc) is 3.10. The molecular weight excluding hydrogens is 278 g/mol. The first-order chi connectivity index (χ1) is 10.7. The fraction of sp³-hybridized carbons (Fsp3) is 0.500. The van der Waals surface area contributed by atoms with Crippen LogP contribution in [0.15, 0.2) is 18.5 Å². The number of carbonyl (C=O) groups excluding carboxylic acids is 1. The third-order valence-electron chi connectivity index (χ3n) is 4.80. The zero-order chi connectivity index (χ0) is 15.1. The van der Waals surface area contributed by atoms with Gasteiger partial charge in [0.25, 0.3) is 5.91 Å². The van der Waals surface area contributed by atoms with E-state index in [0.717, 1.165) is 37.1 Å². The summed E-state index contributed by atoms with van der Waals surface area (Å²) in [5.74, 6) is 0.0803. The van der Waals surface area contributed by atoms with Crippen LogP contribution in [0, 0.1) is 6.92 Å². The molecule has 1 amide bonds. The van der Waals surface area contributed by atoms with Crippen molar-refractivity contribution in [3.63, 3.8) is 0 Å². The minimum absolute atomic E-state index is 0.0803. The van der Waals surface area contributed by atoms with Gasteiger partial charge in [-0.15, -0.1) is 0 Å². The molecule has 2 aliphatic heterocycles. The summed E-state index contributed by atoms with van der Waals surface area (Å²) in [5.41, 5.74) is 2.88. The molecule has 0 aromatic carbocycles. The second-order valence-corrected chi connectivity index (χ2v) is 6.24. The predicted octanol–water partition coefficient (Wildman–Crippen LogP) is 2.33. The van der Waals surface area contributed by atoms with E-state index in [9.17, 15) is 4.79 Å². The molecule has 1 N–H and O–H groups in total. The number of aryl methyl sites for hydroxylation is 1. The van der Waals surface area contributed by atoms with E-state index in [4.69, 9.17) is 0 Å². The van der Waals surface area contributed by atoms with Crippen molar-refractivity contribution < 1.29 is 4.79 Å². The molecule has 0 aliphatic carbocycles. The van der Waals surface area contributed by atoms with Crippen molar-refractivity contribution in [2.45, 2.75) is 51.1 Å². The van der Waals surface area contributed by atoms with Crippen molar-refractivity contribution >= 4 is 5.91 Å². The molecule has 2 aromatic heterocycles. The highest BCUT2D eigenvalue weighted by Crippen LogP contribution is 2.36. The number of nitrogens with one attached hydrogen (secondary N) is 1. The molecule has 2 fully saturated rings. The highest BCUT2D eigenvalue weighted by molar-refractivity contribution is 5.94. The van der Waals surface area contributed by atoms with Crippen molar-refractivity contribution in [2.24, 2.45) is 0 Å². The lowest BCUT2D eigenvalue weighted by atomic mass is 10.0. The van der Waals surface area contributed by atoms with Crippen molar-refractivity contribution in [2.75, 3.05) is 0 Å². The van der Waals surface area contributed by atoms with E-state index in [-0.39, 0.29) is 5.91 Å². The van der Waals surface area contributed by atoms with E-state index in [0.29, 0.717) is 23.5 Å². The van der Waals surface area contributed by atoms with Gasteiger partial charge in [-0.2, -0.15) is 5.10 Å². The van der Waals surface area contributed by atoms with Crippen molar-refractivity contribution in [3.05, 3.63) is 29.8 Å². The zero-order valence-corrected chi connectivity index (χ0v) is 12.6. The summed E-state index contributed by atoms with van der Waals surface area (Å²) in [5, 5.41) is 7.14. The number of nitrogens with zero attached hydrogens (tertiary/aromatic N) is 4. The summed E-state index contributed by atoms with van der Waals surface area (Å²) >= 11 is 0. The maximum atomic E-state index is 12.8. The minimum atomic E-state index is 0.0803. The van der Waals surface area contributed by atoms with Gasteiger partial charge in [-0.05, 0) is 51.2 Å². The molecule has 2 aliphatic rings. The van der Waals surface area contributed by atoms with Crippen LogP contribution >= 0.6 is 0 Å². The van der Waals surface area contributed by atoms with E-state index in [1.54, 1.807) is 6.07 Å². The van der Waals surface area contributed by atoms with E-state index in [2.05, 4.69) is 25.1 Å². The normalized spacial score (nSPS) is 23.8. The third kappa shape index (κ3) is 2.19. The van der Waals surface area contributed by atoms with Crippen LogP contribution in [-0.2, 0) is 0 Å². The first-order valence-electron chi connectivity index (χ1n) is 7.89. The second kappa shape index (κ2) is 5.19. The Balaban J connectivity index is 1.60. The molecule has 4 heterocycles. The summed E-state index contributed by atoms with van der Waals surface area (Å²) in [6, 6.07) is 4.51. The van der Waals surface area contributed by atoms with E-state index < -0.39 is 0 Å². The molecule has 0 radical (unpaired) electrons. The number of amides is 1. The van der Waals surface area contributed by atoms with Gasteiger partial charge in [0.1, 0.15) is 17.7 Å². The molecule has 0 spiro atoms. The Morgan fingerprint density at radius 1 is 1.14 bits per heavy atom. The Morgan fingerprint density at radius 2 is 1.91 bits per heavy atom. The summed E-state index contributed by atoms with van der Waals surface area (Å²) < 4.78 is 0. The summed E-state index contributed by atoms with van der Waals surface area (Å²) in [6.07, 6.45) is 7.31. The number of fused-ring (bicyclic) bond motifs is 2. The number of aromatic amines is 1. The standard InChI is InChI=1S/C16H19N5O/c1-10-7-13(18-9-17-10)14-8-15(20-19-14)16(22)21-11-3-2-4-12(21)6-5-11/h7-9,11-12H,2-6H2,1H3,(H,19,20)/t11-,12?/m1/s1. The molecule has 6 nitrogen and oxygen atoms in total. The van der Waals surface area contributed by atoms with Crippen molar-refractivity contribution in [1.29, 1.82) is 0 Å². The SMILES string of the molecule is Cc1cc(-c2cc(C(=O)N3C4CCC[C@@H]3CC4)[nH]n2)ncn1. The van der Waals surface area contributed by atoms with Crippen LogP contribution in [0.4, 0.5) is 0 Å². The lowest BCUT2D eigenvalue weighted by Crippen LogP contribution is -2.44. The number of piperidine rings is 1. The smallest absolute Gasteiger partial charge is 0.272 e. The molecule has 0 saturated carbocycles. The van der Waals surface area contributed by atoms with Crippen LogP contribution < -0.4 is 0 Å². The third-order valence-corrected chi connectivity index (χ3v) is 4.80. The lowest BCUT2D eigenvalue weighted by molar-refractivity contribution is 0.0589. The fourth-order valence-electron chi connectivity index (χ4n) is 3.74. The predicted molar refractivity (Wildman–Crippen MR) is 81.2 cm³/mol. The molecule has 2 saturated heterocycles. The Kier molecular flexibility index (Phi) is 3.17. The van der Waals surface area contributed by atoms with Crippen molar-refractivity contribution in [3.8, 4) is 11.4 Å². The molecule has 1 unspecified atom stereocenters. The quantitative estimate of drug-likeness (QED) is 0.923. The van der Waals surface area contributed by atoms with Gasteiger partial charge in [0.05, 0.1) is 5.69 Å². The van der Waals surface area contributed by atoms with Gasteiger partial charge in [0, 0.05) is 17.8 Å². The number of rotatable bonds is 2. The maximum Gasteiger partial charge on any atom is 0.272 e. The van der Waals surface area contributed by atoms with Crippen LogP contribution in [0.3, 0.4) is 0 Å². The number of H-pyrrole nitrogens is 1. The van der Waals surface area contributed by atoms with Crippen LogP contribution in [0.2, 0.25) is 0 Å². The largest absolute Gasteiger partial charge is 0.331 e. The molecule has 2 bridgehead atoms. The topological polar surface area (TPSA) is 74.8 Å². The number of carbonyl (C=O) groups is 1. The van der Waals surface area contributed by atoms with Crippen LogP contribution in [0.1, 0.15) is 48.3 Å². The first kappa shape index (κ1) is 13.4. The van der Waals surface area contributed by atoms with E-state index in [1.807, 2.05) is 13.0 Å². The molecule has 2 atom stereocenters. The monoisotopic (exact) mass is 297 g/mol. The lowest BCUT2D eigenvalue weighted by Gasteiger charge is -2.34. The maximum absolute atomic E-state index is 12.8. The van der Waals surface area contributed by atoms with Crippen LogP contribution in [0.5, 0.6) is 0 Å². The van der Waals surface area contributed by atoms with Gasteiger partial charge < -0.3 is 4.90 Å². The molecular formula is C16H19N5O. The summed E-state index contributed by atoms with van der Waals surface area (Å²) in [7, 11) is 0. The van der Waals surface area contributed by atoms with Crippen molar-refractivity contribution in [1.82, 2.24) is 25.1 Å². The highest BCUT2D eigenvalue weighted by Gasteiger charge is 2.40. The summed E-state index contributed by atoms with van der Waals surface area (Å²) in [6.45, 7) is 1.91. The number of aromatic nitrogens is 4. The van der Waals surface area contributed by atoms with E-state index >= 15 is 0 Å². The van der Waals surface area contributed by atoms with Gasteiger partial charge in [0.15, 0.2) is 0 Å². The van der Waals surface area contributed by atoms with Gasteiger partial charge in [0.2, 0.25) is 0 Å². The average molecular weight is 297 g/mol. The minimum Gasteiger partial charge on any atom is -0.331 e.